The average molecular weight is 263 g/mol. The molecule has 1 N–H and O–H groups in total. The number of hydrogen-bond acceptors (Lipinski definition) is 3. The van der Waals surface area contributed by atoms with Crippen molar-refractivity contribution < 1.29 is 8.42 Å². The highest BCUT2D eigenvalue weighted by Crippen LogP contribution is 2.08. The van der Waals surface area contributed by atoms with Crippen molar-refractivity contribution in [3.8, 4) is 0 Å². The van der Waals surface area contributed by atoms with Gasteiger partial charge in [-0.05, 0) is 19.4 Å². The average Bonchev–Trinajstić information content (AvgIpc) is 2.23. The van der Waals surface area contributed by atoms with Crippen molar-refractivity contribution >= 4 is 9.84 Å². The molecule has 104 valence electrons. The summed E-state index contributed by atoms with van der Waals surface area (Å²) in [6.45, 7) is 5.22. The number of unbranched alkanes of at least 4 members (excludes halogenated alkanes) is 4. The Hall–Kier alpha value is -0.0900. The highest BCUT2D eigenvalue weighted by Gasteiger charge is 2.13. The minimum atomic E-state index is -2.86. The molecule has 0 radical (unpaired) electrons. The fourth-order valence-electron chi connectivity index (χ4n) is 1.95. The van der Waals surface area contributed by atoms with E-state index in [4.69, 9.17) is 0 Å². The topological polar surface area (TPSA) is 46.2 Å². The van der Waals surface area contributed by atoms with E-state index in [-0.39, 0.29) is 11.8 Å². The van der Waals surface area contributed by atoms with Crippen LogP contribution in [0.5, 0.6) is 0 Å². The normalized spacial score (nSPS) is 13.8. The fourth-order valence-corrected chi connectivity index (χ4v) is 2.97. The molecule has 0 aromatic rings. The molecule has 0 heterocycles. The first-order valence-electron chi connectivity index (χ1n) is 6.90. The van der Waals surface area contributed by atoms with Gasteiger partial charge in [-0.1, -0.05) is 46.0 Å². The zero-order valence-corrected chi connectivity index (χ0v) is 12.5. The van der Waals surface area contributed by atoms with Crippen LogP contribution < -0.4 is 5.32 Å². The zero-order chi connectivity index (χ0) is 13.1. The summed E-state index contributed by atoms with van der Waals surface area (Å²) in [7, 11) is -2.86. The smallest absolute Gasteiger partial charge is 0.148 e. The molecule has 0 saturated carbocycles. The van der Waals surface area contributed by atoms with Crippen LogP contribution in [0, 0.1) is 0 Å². The molecule has 0 aliphatic rings. The van der Waals surface area contributed by atoms with Gasteiger partial charge in [0, 0.05) is 12.3 Å². The highest BCUT2D eigenvalue weighted by atomic mass is 32.2. The van der Waals surface area contributed by atoms with E-state index in [1.54, 1.807) is 0 Å². The molecule has 0 fully saturated rings. The number of sulfone groups is 1. The summed E-state index contributed by atoms with van der Waals surface area (Å²) in [5, 5.41) is 3.34. The summed E-state index contributed by atoms with van der Waals surface area (Å²) in [6.07, 6.45) is 9.53. The SMILES string of the molecule is CCCCCCCC(CS(C)(=O)=O)NCCC. The Bertz CT molecular complexity index is 263. The highest BCUT2D eigenvalue weighted by molar-refractivity contribution is 7.90. The van der Waals surface area contributed by atoms with Crippen molar-refractivity contribution in [1.29, 1.82) is 0 Å². The monoisotopic (exact) mass is 263 g/mol. The van der Waals surface area contributed by atoms with E-state index in [0.717, 1.165) is 25.8 Å². The number of nitrogens with one attached hydrogen (secondary N) is 1. The van der Waals surface area contributed by atoms with E-state index < -0.39 is 9.84 Å². The van der Waals surface area contributed by atoms with Gasteiger partial charge < -0.3 is 5.32 Å². The van der Waals surface area contributed by atoms with E-state index in [9.17, 15) is 8.42 Å². The summed E-state index contributed by atoms with van der Waals surface area (Å²) < 4.78 is 22.6. The van der Waals surface area contributed by atoms with Crippen LogP contribution in [0.25, 0.3) is 0 Å². The van der Waals surface area contributed by atoms with E-state index >= 15 is 0 Å². The molecular formula is C13H29NO2S. The Kier molecular flexibility index (Phi) is 9.84. The van der Waals surface area contributed by atoms with Crippen LogP contribution in [-0.2, 0) is 9.84 Å². The van der Waals surface area contributed by atoms with Gasteiger partial charge in [-0.3, -0.25) is 0 Å². The first kappa shape index (κ1) is 16.9. The maximum atomic E-state index is 11.3. The van der Waals surface area contributed by atoms with Crippen LogP contribution in [0.3, 0.4) is 0 Å². The summed E-state index contributed by atoms with van der Waals surface area (Å²) in [5.41, 5.74) is 0. The van der Waals surface area contributed by atoms with Crippen molar-refractivity contribution in [2.24, 2.45) is 0 Å². The molecule has 1 atom stereocenters. The van der Waals surface area contributed by atoms with Gasteiger partial charge in [0.15, 0.2) is 0 Å². The summed E-state index contributed by atoms with van der Waals surface area (Å²) in [6, 6.07) is 0.145. The van der Waals surface area contributed by atoms with Gasteiger partial charge in [0.2, 0.25) is 0 Å². The zero-order valence-electron chi connectivity index (χ0n) is 11.7. The van der Waals surface area contributed by atoms with E-state index in [1.807, 2.05) is 0 Å². The third kappa shape index (κ3) is 12.2. The summed E-state index contributed by atoms with van der Waals surface area (Å²) >= 11 is 0. The molecular weight excluding hydrogens is 234 g/mol. The molecule has 0 rings (SSSR count). The second-order valence-corrected chi connectivity index (χ2v) is 7.13. The van der Waals surface area contributed by atoms with Crippen LogP contribution >= 0.6 is 0 Å². The molecule has 3 nitrogen and oxygen atoms in total. The lowest BCUT2D eigenvalue weighted by molar-refractivity contribution is 0.477. The lowest BCUT2D eigenvalue weighted by Crippen LogP contribution is -2.35. The molecule has 0 spiro atoms. The van der Waals surface area contributed by atoms with Gasteiger partial charge in [0.05, 0.1) is 5.75 Å². The standard InChI is InChI=1S/C13H29NO2S/c1-4-6-7-8-9-10-13(14-11-5-2)12-17(3,15)16/h13-14H,4-12H2,1-3H3. The van der Waals surface area contributed by atoms with E-state index in [0.29, 0.717) is 0 Å². The van der Waals surface area contributed by atoms with Crippen molar-refractivity contribution in [3.05, 3.63) is 0 Å². The van der Waals surface area contributed by atoms with Crippen molar-refractivity contribution in [2.75, 3.05) is 18.6 Å². The fraction of sp³-hybridized carbons (Fsp3) is 1.00. The minimum absolute atomic E-state index is 0.145. The predicted octanol–water partition coefficient (Wildman–Crippen LogP) is 2.76. The first-order valence-corrected chi connectivity index (χ1v) is 8.96. The lowest BCUT2D eigenvalue weighted by atomic mass is 10.1. The second kappa shape index (κ2) is 9.89. The Balaban J connectivity index is 3.85. The molecule has 4 heteroatoms. The predicted molar refractivity (Wildman–Crippen MR) is 75.2 cm³/mol. The second-order valence-electron chi connectivity index (χ2n) is 4.95. The Morgan fingerprint density at radius 3 is 2.18 bits per heavy atom. The third-order valence-electron chi connectivity index (χ3n) is 2.84. The Morgan fingerprint density at radius 2 is 1.65 bits per heavy atom. The quantitative estimate of drug-likeness (QED) is 0.583. The molecule has 0 aliphatic carbocycles. The molecule has 0 saturated heterocycles. The molecule has 0 amide bonds. The molecule has 1 unspecified atom stereocenters. The summed E-state index contributed by atoms with van der Waals surface area (Å²) in [4.78, 5) is 0. The molecule has 0 bridgehead atoms. The number of rotatable bonds is 11. The minimum Gasteiger partial charge on any atom is -0.313 e. The molecule has 0 aliphatic heterocycles. The Morgan fingerprint density at radius 1 is 1.00 bits per heavy atom. The van der Waals surface area contributed by atoms with E-state index in [1.165, 1.54) is 31.9 Å². The molecule has 17 heavy (non-hydrogen) atoms. The molecule has 0 aromatic heterocycles. The molecule has 0 aromatic carbocycles. The van der Waals surface area contributed by atoms with Crippen molar-refractivity contribution in [1.82, 2.24) is 5.32 Å². The summed E-state index contributed by atoms with van der Waals surface area (Å²) in [5.74, 6) is 0.279. The van der Waals surface area contributed by atoms with Gasteiger partial charge in [-0.15, -0.1) is 0 Å². The van der Waals surface area contributed by atoms with Crippen LogP contribution in [0.4, 0.5) is 0 Å². The largest absolute Gasteiger partial charge is 0.313 e. The van der Waals surface area contributed by atoms with Gasteiger partial charge in [-0.25, -0.2) is 8.42 Å². The van der Waals surface area contributed by atoms with Crippen LogP contribution in [0.1, 0.15) is 58.8 Å². The first-order chi connectivity index (χ1) is 7.99. The van der Waals surface area contributed by atoms with Crippen LogP contribution in [-0.4, -0.2) is 33.0 Å². The van der Waals surface area contributed by atoms with Crippen LogP contribution in [0.2, 0.25) is 0 Å². The van der Waals surface area contributed by atoms with Crippen molar-refractivity contribution in [3.63, 3.8) is 0 Å². The van der Waals surface area contributed by atoms with E-state index in [2.05, 4.69) is 19.2 Å². The Labute approximate surface area is 107 Å². The third-order valence-corrected chi connectivity index (χ3v) is 3.85. The number of hydrogen-bond donors (Lipinski definition) is 1. The van der Waals surface area contributed by atoms with Gasteiger partial charge in [0.1, 0.15) is 9.84 Å². The van der Waals surface area contributed by atoms with Gasteiger partial charge in [-0.2, -0.15) is 0 Å². The lowest BCUT2D eigenvalue weighted by Gasteiger charge is -2.17. The van der Waals surface area contributed by atoms with Gasteiger partial charge >= 0.3 is 0 Å². The van der Waals surface area contributed by atoms with Gasteiger partial charge in [0.25, 0.3) is 0 Å². The maximum Gasteiger partial charge on any atom is 0.148 e. The van der Waals surface area contributed by atoms with Crippen LogP contribution in [0.15, 0.2) is 0 Å². The maximum absolute atomic E-state index is 11.3. The van der Waals surface area contributed by atoms with Crippen molar-refractivity contribution in [2.45, 2.75) is 64.8 Å².